The third kappa shape index (κ3) is 5.75. The van der Waals surface area contributed by atoms with E-state index >= 15 is 0 Å². The monoisotopic (exact) mass is 470 g/mol. The number of carbonyl (C=O) groups excluding carboxylic acids is 2. The molecule has 146 valence electrons. The molecular formula is C21H15BrN2O4S. The first kappa shape index (κ1) is 20.8. The van der Waals surface area contributed by atoms with E-state index in [1.807, 2.05) is 24.3 Å². The summed E-state index contributed by atoms with van der Waals surface area (Å²) >= 11 is 4.75. The van der Waals surface area contributed by atoms with Crippen LogP contribution in [0.15, 0.2) is 82.2 Å². The van der Waals surface area contributed by atoms with E-state index in [1.54, 1.807) is 24.3 Å². The minimum atomic E-state index is -0.543. The van der Waals surface area contributed by atoms with E-state index in [1.165, 1.54) is 36.0 Å². The third-order valence-electron chi connectivity index (χ3n) is 3.97. The van der Waals surface area contributed by atoms with Crippen molar-refractivity contribution in [3.05, 3.63) is 98.5 Å². The summed E-state index contributed by atoms with van der Waals surface area (Å²) < 4.78 is 0.921. The molecule has 3 rings (SSSR count). The normalized spacial score (nSPS) is 10.4. The molecule has 1 amide bonds. The van der Waals surface area contributed by atoms with Gasteiger partial charge in [0.05, 0.1) is 10.7 Å². The van der Waals surface area contributed by atoms with Gasteiger partial charge in [0.2, 0.25) is 0 Å². The summed E-state index contributed by atoms with van der Waals surface area (Å²) in [6, 6.07) is 19.8. The van der Waals surface area contributed by atoms with E-state index in [0.717, 1.165) is 9.37 Å². The Morgan fingerprint density at radius 1 is 0.966 bits per heavy atom. The first-order valence-electron chi connectivity index (χ1n) is 8.50. The molecule has 0 fully saturated rings. The highest BCUT2D eigenvalue weighted by atomic mass is 79.9. The Balaban J connectivity index is 1.58. The fourth-order valence-electron chi connectivity index (χ4n) is 2.47. The van der Waals surface area contributed by atoms with Crippen LogP contribution in [0.2, 0.25) is 0 Å². The number of ketones is 1. The smallest absolute Gasteiger partial charge is 0.270 e. The summed E-state index contributed by atoms with van der Waals surface area (Å²) in [6.07, 6.45) is 0. The van der Waals surface area contributed by atoms with Gasteiger partial charge in [0.1, 0.15) is 0 Å². The average molecular weight is 471 g/mol. The molecule has 0 aromatic heterocycles. The molecule has 0 bridgehead atoms. The molecule has 3 aromatic rings. The number of nitro benzene ring substituents is 1. The van der Waals surface area contributed by atoms with E-state index < -0.39 is 10.8 Å². The number of carbonyl (C=O) groups is 2. The maximum atomic E-state index is 12.3. The zero-order valence-corrected chi connectivity index (χ0v) is 17.4. The van der Waals surface area contributed by atoms with Crippen LogP contribution >= 0.6 is 27.7 Å². The number of amides is 1. The number of halogens is 1. The first-order valence-corrected chi connectivity index (χ1v) is 10.3. The molecule has 3 aromatic carbocycles. The Morgan fingerprint density at radius 2 is 1.66 bits per heavy atom. The van der Waals surface area contributed by atoms with Crippen LogP contribution in [0.5, 0.6) is 0 Å². The number of hydrogen-bond donors (Lipinski definition) is 1. The molecule has 0 heterocycles. The van der Waals surface area contributed by atoms with E-state index in [9.17, 15) is 19.7 Å². The largest absolute Gasteiger partial charge is 0.322 e. The van der Waals surface area contributed by atoms with E-state index in [4.69, 9.17) is 0 Å². The molecule has 0 saturated carbocycles. The van der Waals surface area contributed by atoms with Crippen molar-refractivity contribution >= 4 is 50.8 Å². The van der Waals surface area contributed by atoms with Crippen LogP contribution in [0.25, 0.3) is 0 Å². The number of hydrogen-bond acceptors (Lipinski definition) is 5. The topological polar surface area (TPSA) is 89.3 Å². The minimum absolute atomic E-state index is 0.0329. The van der Waals surface area contributed by atoms with Gasteiger partial charge in [-0.15, -0.1) is 11.8 Å². The van der Waals surface area contributed by atoms with Crippen LogP contribution in [-0.4, -0.2) is 22.4 Å². The number of nitrogens with one attached hydrogen (secondary N) is 1. The van der Waals surface area contributed by atoms with Crippen molar-refractivity contribution < 1.29 is 14.5 Å². The van der Waals surface area contributed by atoms with Gasteiger partial charge >= 0.3 is 0 Å². The summed E-state index contributed by atoms with van der Waals surface area (Å²) in [5.41, 5.74) is 1.28. The Kier molecular flexibility index (Phi) is 6.79. The van der Waals surface area contributed by atoms with Crippen LogP contribution in [-0.2, 0) is 0 Å². The molecule has 0 aliphatic rings. The van der Waals surface area contributed by atoms with E-state index in [-0.39, 0.29) is 17.0 Å². The Hall–Kier alpha value is -2.97. The molecule has 0 saturated heterocycles. The van der Waals surface area contributed by atoms with Crippen molar-refractivity contribution in [3.63, 3.8) is 0 Å². The van der Waals surface area contributed by atoms with Gasteiger partial charge in [-0.1, -0.05) is 34.1 Å². The molecule has 6 nitrogen and oxygen atoms in total. The number of rotatable bonds is 7. The van der Waals surface area contributed by atoms with Gasteiger partial charge in [-0.25, -0.2) is 0 Å². The van der Waals surface area contributed by atoms with Crippen LogP contribution in [0, 0.1) is 10.1 Å². The zero-order valence-electron chi connectivity index (χ0n) is 15.0. The molecule has 0 spiro atoms. The summed E-state index contributed by atoms with van der Waals surface area (Å²) in [7, 11) is 0. The van der Waals surface area contributed by atoms with Crippen molar-refractivity contribution in [1.82, 2.24) is 0 Å². The zero-order chi connectivity index (χ0) is 20.8. The van der Waals surface area contributed by atoms with Crippen LogP contribution in [0.4, 0.5) is 11.4 Å². The lowest BCUT2D eigenvalue weighted by Gasteiger charge is -2.07. The molecule has 29 heavy (non-hydrogen) atoms. The van der Waals surface area contributed by atoms with Crippen molar-refractivity contribution in [3.8, 4) is 0 Å². The Labute approximate surface area is 179 Å². The van der Waals surface area contributed by atoms with Gasteiger partial charge in [-0.2, -0.15) is 0 Å². The number of nitro groups is 1. The lowest BCUT2D eigenvalue weighted by molar-refractivity contribution is -0.384. The predicted octanol–water partition coefficient (Wildman–Crippen LogP) is 5.58. The molecule has 0 radical (unpaired) electrons. The number of thioether (sulfide) groups is 1. The standard InChI is InChI=1S/C21H15BrN2O4S/c22-16-6-4-14(5-7-16)20(25)13-29-19-10-8-17(9-11-19)23-21(26)15-2-1-3-18(12-15)24(27)28/h1-12H,13H2,(H,23,26). The molecule has 0 unspecified atom stereocenters. The van der Waals surface area contributed by atoms with Gasteiger partial charge in [-0.3, -0.25) is 19.7 Å². The quantitative estimate of drug-likeness (QED) is 0.210. The van der Waals surface area contributed by atoms with Gasteiger partial charge < -0.3 is 5.32 Å². The maximum absolute atomic E-state index is 12.3. The second-order valence-corrected chi connectivity index (χ2v) is 7.97. The van der Waals surface area contributed by atoms with Gasteiger partial charge in [-0.05, 0) is 42.5 Å². The third-order valence-corrected chi connectivity index (χ3v) is 5.51. The van der Waals surface area contributed by atoms with Crippen LogP contribution in [0.3, 0.4) is 0 Å². The highest BCUT2D eigenvalue weighted by Crippen LogP contribution is 2.23. The minimum Gasteiger partial charge on any atom is -0.322 e. The maximum Gasteiger partial charge on any atom is 0.270 e. The Bertz CT molecular complexity index is 1050. The second kappa shape index (κ2) is 9.49. The highest BCUT2D eigenvalue weighted by molar-refractivity contribution is 9.10. The summed E-state index contributed by atoms with van der Waals surface area (Å²) in [4.78, 5) is 35.7. The molecule has 0 aliphatic carbocycles. The SMILES string of the molecule is O=C(CSc1ccc(NC(=O)c2cccc([N+](=O)[O-])c2)cc1)c1ccc(Br)cc1. The van der Waals surface area contributed by atoms with Crippen LogP contribution < -0.4 is 5.32 Å². The predicted molar refractivity (Wildman–Crippen MR) is 117 cm³/mol. The number of benzene rings is 3. The number of nitrogens with zero attached hydrogens (tertiary/aromatic N) is 1. The first-order chi connectivity index (χ1) is 13.9. The van der Waals surface area contributed by atoms with Crippen LogP contribution in [0.1, 0.15) is 20.7 Å². The van der Waals surface area contributed by atoms with Crippen molar-refractivity contribution in [1.29, 1.82) is 0 Å². The molecule has 0 aliphatic heterocycles. The van der Waals surface area contributed by atoms with E-state index in [0.29, 0.717) is 17.0 Å². The summed E-state index contributed by atoms with van der Waals surface area (Å²) in [5, 5.41) is 13.5. The molecule has 1 N–H and O–H groups in total. The Morgan fingerprint density at radius 3 is 2.31 bits per heavy atom. The van der Waals surface area contributed by atoms with Gasteiger partial charge in [0.15, 0.2) is 5.78 Å². The van der Waals surface area contributed by atoms with Crippen molar-refractivity contribution in [2.75, 3.05) is 11.1 Å². The lowest BCUT2D eigenvalue weighted by atomic mass is 10.2. The highest BCUT2D eigenvalue weighted by Gasteiger charge is 2.12. The van der Waals surface area contributed by atoms with Gasteiger partial charge in [0, 0.05) is 38.3 Å². The fraction of sp³-hybridized carbons (Fsp3) is 0.0476. The average Bonchev–Trinajstić information content (AvgIpc) is 2.73. The molecule has 0 atom stereocenters. The summed E-state index contributed by atoms with van der Waals surface area (Å²) in [5.74, 6) is -0.0915. The summed E-state index contributed by atoms with van der Waals surface area (Å²) in [6.45, 7) is 0. The van der Waals surface area contributed by atoms with Crippen molar-refractivity contribution in [2.24, 2.45) is 0 Å². The van der Waals surface area contributed by atoms with E-state index in [2.05, 4.69) is 21.2 Å². The second-order valence-electron chi connectivity index (χ2n) is 6.00. The van der Waals surface area contributed by atoms with Crippen molar-refractivity contribution in [2.45, 2.75) is 4.90 Å². The molecule has 8 heteroatoms. The lowest BCUT2D eigenvalue weighted by Crippen LogP contribution is -2.12. The number of non-ortho nitro benzene ring substituents is 1. The fourth-order valence-corrected chi connectivity index (χ4v) is 3.52. The molecular weight excluding hydrogens is 456 g/mol. The number of anilines is 1. The van der Waals surface area contributed by atoms with Gasteiger partial charge in [0.25, 0.3) is 11.6 Å². The number of Topliss-reactive ketones (excluding diaryl/α,β-unsaturated/α-hetero) is 1.